The molecule has 21 heavy (non-hydrogen) atoms. The van der Waals surface area contributed by atoms with E-state index in [0.717, 1.165) is 15.6 Å². The summed E-state index contributed by atoms with van der Waals surface area (Å²) < 4.78 is 6.03. The number of urea groups is 1. The zero-order valence-corrected chi connectivity index (χ0v) is 12.3. The molecule has 0 radical (unpaired) electrons. The summed E-state index contributed by atoms with van der Waals surface area (Å²) in [5.41, 5.74) is 5.65. The van der Waals surface area contributed by atoms with Crippen molar-refractivity contribution in [2.24, 2.45) is 5.73 Å². The summed E-state index contributed by atoms with van der Waals surface area (Å²) >= 11 is 1.30. The molecular formula is C14H14N2O4S. The number of nitrogens with two attached hydrogens (primary N) is 1. The van der Waals surface area contributed by atoms with Crippen LogP contribution in [0.15, 0.2) is 24.3 Å². The zero-order valence-electron chi connectivity index (χ0n) is 11.5. The number of fused-ring (bicyclic) bond motifs is 1. The lowest BCUT2D eigenvalue weighted by atomic mass is 10.1. The van der Waals surface area contributed by atoms with Gasteiger partial charge in [-0.25, -0.2) is 9.59 Å². The third kappa shape index (κ3) is 3.19. The molecule has 0 aliphatic rings. The van der Waals surface area contributed by atoms with Crippen LogP contribution in [-0.4, -0.2) is 24.0 Å². The second-order valence-electron chi connectivity index (χ2n) is 4.45. The molecule has 0 spiro atoms. The highest BCUT2D eigenvalue weighted by Crippen LogP contribution is 2.31. The van der Waals surface area contributed by atoms with Gasteiger partial charge < -0.3 is 10.5 Å². The Morgan fingerprint density at radius 1 is 1.29 bits per heavy atom. The van der Waals surface area contributed by atoms with Crippen LogP contribution in [-0.2, 0) is 9.53 Å². The average molecular weight is 306 g/mol. The summed E-state index contributed by atoms with van der Waals surface area (Å²) in [5.74, 6) is -1.35. The molecule has 0 saturated heterocycles. The second kappa shape index (κ2) is 5.92. The molecular weight excluding hydrogens is 292 g/mol. The van der Waals surface area contributed by atoms with E-state index in [1.807, 2.05) is 36.5 Å². The van der Waals surface area contributed by atoms with Crippen LogP contribution < -0.4 is 11.1 Å². The maximum absolute atomic E-state index is 12.1. The molecule has 2 aromatic rings. The van der Waals surface area contributed by atoms with Crippen molar-refractivity contribution in [2.75, 3.05) is 0 Å². The van der Waals surface area contributed by atoms with Gasteiger partial charge in [-0.2, -0.15) is 0 Å². The van der Waals surface area contributed by atoms with E-state index in [0.29, 0.717) is 4.88 Å². The number of aryl methyl sites for hydroxylation is 1. The lowest BCUT2D eigenvalue weighted by Gasteiger charge is -2.11. The summed E-state index contributed by atoms with van der Waals surface area (Å²) in [6.07, 6.45) is -1.10. The maximum atomic E-state index is 12.1. The first-order valence-electron chi connectivity index (χ1n) is 6.19. The Labute approximate surface area is 124 Å². The van der Waals surface area contributed by atoms with Gasteiger partial charge in [0.15, 0.2) is 6.10 Å². The molecule has 6 nitrogen and oxygen atoms in total. The van der Waals surface area contributed by atoms with Gasteiger partial charge in [0.25, 0.3) is 5.91 Å². The number of esters is 1. The lowest BCUT2D eigenvalue weighted by Crippen LogP contribution is -2.42. The molecule has 0 bridgehead atoms. The van der Waals surface area contributed by atoms with Gasteiger partial charge in [-0.1, -0.05) is 18.2 Å². The molecule has 0 aliphatic heterocycles. The normalized spacial score (nSPS) is 11.9. The van der Waals surface area contributed by atoms with E-state index in [1.54, 1.807) is 0 Å². The zero-order chi connectivity index (χ0) is 15.6. The lowest BCUT2D eigenvalue weighted by molar-refractivity contribution is -0.127. The van der Waals surface area contributed by atoms with Crippen molar-refractivity contribution < 1.29 is 19.1 Å². The molecule has 0 saturated carbocycles. The monoisotopic (exact) mass is 306 g/mol. The Hall–Kier alpha value is -2.41. The third-order valence-corrected chi connectivity index (χ3v) is 4.18. The fourth-order valence-corrected chi connectivity index (χ4v) is 2.95. The van der Waals surface area contributed by atoms with Crippen LogP contribution in [0.4, 0.5) is 4.79 Å². The Morgan fingerprint density at radius 3 is 2.57 bits per heavy atom. The van der Waals surface area contributed by atoms with Crippen molar-refractivity contribution in [3.05, 3.63) is 34.7 Å². The van der Waals surface area contributed by atoms with Crippen molar-refractivity contribution >= 4 is 39.3 Å². The number of rotatable bonds is 3. The predicted molar refractivity (Wildman–Crippen MR) is 79.2 cm³/mol. The van der Waals surface area contributed by atoms with Crippen LogP contribution in [0.1, 0.15) is 22.2 Å². The Bertz CT molecular complexity index is 723. The molecule has 3 N–H and O–H groups in total. The number of hydrogen-bond acceptors (Lipinski definition) is 5. The first kappa shape index (κ1) is 15.0. The summed E-state index contributed by atoms with van der Waals surface area (Å²) in [5, 5.41) is 2.84. The van der Waals surface area contributed by atoms with Gasteiger partial charge in [-0.05, 0) is 30.9 Å². The van der Waals surface area contributed by atoms with Crippen molar-refractivity contribution in [1.82, 2.24) is 5.32 Å². The summed E-state index contributed by atoms with van der Waals surface area (Å²) in [4.78, 5) is 34.7. The van der Waals surface area contributed by atoms with Crippen molar-refractivity contribution in [2.45, 2.75) is 20.0 Å². The van der Waals surface area contributed by atoms with Gasteiger partial charge in [0.05, 0.1) is 0 Å². The minimum Gasteiger partial charge on any atom is -0.448 e. The van der Waals surface area contributed by atoms with Crippen molar-refractivity contribution in [3.8, 4) is 0 Å². The number of thiophene rings is 1. The highest BCUT2D eigenvalue weighted by atomic mass is 32.1. The molecule has 1 aromatic carbocycles. The van der Waals surface area contributed by atoms with Gasteiger partial charge >= 0.3 is 12.0 Å². The molecule has 0 fully saturated rings. The largest absolute Gasteiger partial charge is 0.448 e. The smallest absolute Gasteiger partial charge is 0.349 e. The number of benzene rings is 1. The number of amides is 3. The van der Waals surface area contributed by atoms with Crippen LogP contribution in [0.2, 0.25) is 0 Å². The SMILES string of the molecule is Cc1c(C(=O)O[C@@H](C)C(=O)NC(N)=O)sc2ccccc12. The molecule has 0 unspecified atom stereocenters. The van der Waals surface area contributed by atoms with Crippen LogP contribution in [0.5, 0.6) is 0 Å². The highest BCUT2D eigenvalue weighted by Gasteiger charge is 2.23. The molecule has 1 heterocycles. The van der Waals surface area contributed by atoms with E-state index < -0.39 is 24.0 Å². The average Bonchev–Trinajstić information content (AvgIpc) is 2.76. The Balaban J connectivity index is 2.17. The Kier molecular flexibility index (Phi) is 4.23. The van der Waals surface area contributed by atoms with Crippen LogP contribution in [0, 0.1) is 6.92 Å². The molecule has 1 aromatic heterocycles. The van der Waals surface area contributed by atoms with Crippen LogP contribution in [0.25, 0.3) is 10.1 Å². The highest BCUT2D eigenvalue weighted by molar-refractivity contribution is 7.21. The van der Waals surface area contributed by atoms with E-state index in [4.69, 9.17) is 10.5 Å². The molecule has 0 aliphatic carbocycles. The maximum Gasteiger partial charge on any atom is 0.349 e. The van der Waals surface area contributed by atoms with E-state index in [-0.39, 0.29) is 0 Å². The number of carbonyl (C=O) groups excluding carboxylic acids is 3. The summed E-state index contributed by atoms with van der Waals surface area (Å²) in [6.45, 7) is 3.20. The fourth-order valence-electron chi connectivity index (χ4n) is 1.86. The second-order valence-corrected chi connectivity index (χ2v) is 5.51. The van der Waals surface area contributed by atoms with E-state index in [2.05, 4.69) is 0 Å². The number of primary amides is 1. The molecule has 3 amide bonds. The van der Waals surface area contributed by atoms with Crippen LogP contribution in [0.3, 0.4) is 0 Å². The first-order valence-corrected chi connectivity index (χ1v) is 7.01. The van der Waals surface area contributed by atoms with E-state index >= 15 is 0 Å². The van der Waals surface area contributed by atoms with E-state index in [9.17, 15) is 14.4 Å². The van der Waals surface area contributed by atoms with Gasteiger partial charge in [-0.15, -0.1) is 11.3 Å². The van der Waals surface area contributed by atoms with Gasteiger partial charge in [0, 0.05) is 4.70 Å². The Morgan fingerprint density at radius 2 is 1.95 bits per heavy atom. The fraction of sp³-hybridized carbons (Fsp3) is 0.214. The molecule has 110 valence electrons. The minimum absolute atomic E-state index is 0.440. The van der Waals surface area contributed by atoms with Gasteiger partial charge in [0.1, 0.15) is 4.88 Å². The first-order chi connectivity index (χ1) is 9.90. The summed E-state index contributed by atoms with van der Waals surface area (Å²) in [6, 6.07) is 6.62. The number of carbonyl (C=O) groups is 3. The molecule has 7 heteroatoms. The number of ether oxygens (including phenoxy) is 1. The van der Waals surface area contributed by atoms with Crippen LogP contribution >= 0.6 is 11.3 Å². The third-order valence-electron chi connectivity index (χ3n) is 2.93. The topological polar surface area (TPSA) is 98.5 Å². The standard InChI is InChI=1S/C14H14N2O4S/c1-7-9-5-3-4-6-10(9)21-11(7)13(18)20-8(2)12(17)16-14(15)19/h3-6,8H,1-2H3,(H3,15,16,17,19)/t8-/m0/s1. The quantitative estimate of drug-likeness (QED) is 0.847. The van der Waals surface area contributed by atoms with Crippen molar-refractivity contribution in [1.29, 1.82) is 0 Å². The molecule has 2 rings (SSSR count). The van der Waals surface area contributed by atoms with Crippen molar-refractivity contribution in [3.63, 3.8) is 0 Å². The number of nitrogens with one attached hydrogen (secondary N) is 1. The molecule has 1 atom stereocenters. The minimum atomic E-state index is -1.10. The number of hydrogen-bond donors (Lipinski definition) is 2. The summed E-state index contributed by atoms with van der Waals surface area (Å²) in [7, 11) is 0. The van der Waals surface area contributed by atoms with Gasteiger partial charge in [0.2, 0.25) is 0 Å². The van der Waals surface area contributed by atoms with E-state index in [1.165, 1.54) is 18.3 Å². The number of imide groups is 1. The van der Waals surface area contributed by atoms with Gasteiger partial charge in [-0.3, -0.25) is 10.1 Å². The predicted octanol–water partition coefficient (Wildman–Crippen LogP) is 1.95.